The van der Waals surface area contributed by atoms with E-state index in [0.717, 1.165) is 11.8 Å². The minimum Gasteiger partial charge on any atom is -0.462 e. The van der Waals surface area contributed by atoms with Gasteiger partial charge in [0.15, 0.2) is 14.9 Å². The molecule has 0 saturated carbocycles. The van der Waals surface area contributed by atoms with Crippen molar-refractivity contribution in [1.29, 1.82) is 0 Å². The zero-order chi connectivity index (χ0) is 17.2. The number of sulfone groups is 1. The first-order valence-electron chi connectivity index (χ1n) is 7.08. The van der Waals surface area contributed by atoms with Crippen LogP contribution in [0.4, 0.5) is 5.95 Å². The average Bonchev–Trinajstić information content (AvgIpc) is 2.99. The third-order valence-corrected chi connectivity index (χ3v) is 4.17. The molecular weight excluding hydrogens is 318 g/mol. The van der Waals surface area contributed by atoms with Crippen LogP contribution in [0.15, 0.2) is 23.3 Å². The summed E-state index contributed by atoms with van der Waals surface area (Å²) in [6, 6.07) is 0. The Bertz CT molecular complexity index is 795. The highest BCUT2D eigenvalue weighted by Crippen LogP contribution is 2.30. The molecule has 0 N–H and O–H groups in total. The van der Waals surface area contributed by atoms with E-state index in [1.165, 1.54) is 0 Å². The van der Waals surface area contributed by atoms with Gasteiger partial charge in [-0.2, -0.15) is 0 Å². The molecule has 124 valence electrons. The molecule has 0 radical (unpaired) electrons. The zero-order valence-corrected chi connectivity index (χ0v) is 14.3. The summed E-state index contributed by atoms with van der Waals surface area (Å²) in [5.74, 6) is -0.512. The second kappa shape index (κ2) is 6.49. The van der Waals surface area contributed by atoms with Crippen LogP contribution in [-0.2, 0) is 14.6 Å². The highest BCUT2D eigenvalue weighted by atomic mass is 32.2. The summed E-state index contributed by atoms with van der Waals surface area (Å²) in [4.78, 5) is 22.4. The number of rotatable bonds is 5. The predicted octanol–water partition coefficient (Wildman–Crippen LogP) is 1.47. The first kappa shape index (κ1) is 17.1. The highest BCUT2D eigenvalue weighted by Gasteiger charge is 2.29. The molecule has 0 saturated heterocycles. The Kier molecular flexibility index (Phi) is 4.84. The lowest BCUT2D eigenvalue weighted by Gasteiger charge is -2.17. The van der Waals surface area contributed by atoms with Gasteiger partial charge >= 0.3 is 5.97 Å². The van der Waals surface area contributed by atoms with Crippen LogP contribution in [0.1, 0.15) is 29.4 Å². The van der Waals surface area contributed by atoms with Gasteiger partial charge in [0.1, 0.15) is 5.56 Å². The topological polar surface area (TPSA) is 89.5 Å². The van der Waals surface area contributed by atoms with Crippen molar-refractivity contribution in [2.45, 2.75) is 18.4 Å². The lowest BCUT2D eigenvalue weighted by atomic mass is 10.1. The summed E-state index contributed by atoms with van der Waals surface area (Å²) in [5, 5.41) is -0.308. The largest absolute Gasteiger partial charge is 0.462 e. The van der Waals surface area contributed by atoms with E-state index in [2.05, 4.69) is 9.97 Å². The maximum atomic E-state index is 12.3. The Balaban J connectivity index is 2.80. The highest BCUT2D eigenvalue weighted by molar-refractivity contribution is 7.90. The van der Waals surface area contributed by atoms with Crippen molar-refractivity contribution in [1.82, 2.24) is 9.97 Å². The second-order valence-corrected chi connectivity index (χ2v) is 7.19. The van der Waals surface area contributed by atoms with Gasteiger partial charge in [-0.3, -0.25) is 0 Å². The van der Waals surface area contributed by atoms with Gasteiger partial charge in [-0.1, -0.05) is 18.2 Å². The normalized spacial score (nSPS) is 13.8. The van der Waals surface area contributed by atoms with Gasteiger partial charge in [-0.15, -0.1) is 0 Å². The summed E-state index contributed by atoms with van der Waals surface area (Å²) in [6.45, 7) is 1.79. The van der Waals surface area contributed by atoms with E-state index >= 15 is 0 Å². The fraction of sp³-hybridized carbons (Fsp3) is 0.400. The van der Waals surface area contributed by atoms with Crippen molar-refractivity contribution in [3.8, 4) is 0 Å². The number of anilines is 1. The van der Waals surface area contributed by atoms with Gasteiger partial charge in [0.2, 0.25) is 5.95 Å². The average molecular weight is 337 g/mol. The summed E-state index contributed by atoms with van der Waals surface area (Å²) in [5.41, 5.74) is 0.950. The molecule has 1 aromatic heterocycles. The van der Waals surface area contributed by atoms with Gasteiger partial charge < -0.3 is 9.64 Å². The van der Waals surface area contributed by atoms with Crippen molar-refractivity contribution in [3.63, 3.8) is 0 Å². The van der Waals surface area contributed by atoms with E-state index in [1.54, 1.807) is 32.0 Å². The minimum atomic E-state index is -3.73. The molecule has 1 aliphatic carbocycles. The number of esters is 1. The van der Waals surface area contributed by atoms with E-state index in [4.69, 9.17) is 4.74 Å². The SMILES string of the molecule is CCOC(=O)c1c(C2=CC=CC2)nc(N(C)C)nc1S(C)(=O)=O. The van der Waals surface area contributed by atoms with E-state index in [0.29, 0.717) is 12.1 Å². The summed E-state index contributed by atoms with van der Waals surface area (Å²) in [6.07, 6.45) is 7.13. The number of ether oxygens (including phenoxy) is 1. The van der Waals surface area contributed by atoms with Crippen LogP contribution >= 0.6 is 0 Å². The fourth-order valence-electron chi connectivity index (χ4n) is 2.14. The smallest absolute Gasteiger partial charge is 0.343 e. The number of carbonyl (C=O) groups is 1. The second-order valence-electron chi connectivity index (χ2n) is 5.26. The van der Waals surface area contributed by atoms with Gasteiger partial charge in [-0.05, 0) is 18.9 Å². The maximum Gasteiger partial charge on any atom is 0.343 e. The Morgan fingerprint density at radius 3 is 2.52 bits per heavy atom. The van der Waals surface area contributed by atoms with Crippen molar-refractivity contribution in [3.05, 3.63) is 29.5 Å². The van der Waals surface area contributed by atoms with Crippen LogP contribution in [0, 0.1) is 0 Å². The summed E-state index contributed by atoms with van der Waals surface area (Å²) in [7, 11) is -0.321. The van der Waals surface area contributed by atoms with Gasteiger partial charge in [0.05, 0.1) is 12.3 Å². The van der Waals surface area contributed by atoms with Crippen LogP contribution in [0.25, 0.3) is 5.57 Å². The van der Waals surface area contributed by atoms with E-state index < -0.39 is 15.8 Å². The lowest BCUT2D eigenvalue weighted by Crippen LogP contribution is -2.21. The summed E-state index contributed by atoms with van der Waals surface area (Å²) < 4.78 is 29.3. The molecule has 1 aliphatic rings. The minimum absolute atomic E-state index is 0.102. The molecule has 0 bridgehead atoms. The Morgan fingerprint density at radius 2 is 2.04 bits per heavy atom. The molecule has 0 unspecified atom stereocenters. The Labute approximate surface area is 135 Å². The molecule has 0 amide bonds. The third-order valence-electron chi connectivity index (χ3n) is 3.17. The maximum absolute atomic E-state index is 12.3. The lowest BCUT2D eigenvalue weighted by molar-refractivity contribution is 0.0520. The molecule has 0 atom stereocenters. The molecule has 1 aromatic rings. The van der Waals surface area contributed by atoms with E-state index in [9.17, 15) is 13.2 Å². The fourth-order valence-corrected chi connectivity index (χ4v) is 2.94. The molecule has 0 fully saturated rings. The zero-order valence-electron chi connectivity index (χ0n) is 13.5. The van der Waals surface area contributed by atoms with Gasteiger partial charge in [-0.25, -0.2) is 23.2 Å². The number of carbonyl (C=O) groups excluding carboxylic acids is 1. The van der Waals surface area contributed by atoms with Crippen LogP contribution in [0.3, 0.4) is 0 Å². The number of hydrogen-bond donors (Lipinski definition) is 0. The number of hydrogen-bond acceptors (Lipinski definition) is 7. The molecule has 0 aromatic carbocycles. The van der Waals surface area contributed by atoms with Crippen LogP contribution in [0.5, 0.6) is 0 Å². The summed E-state index contributed by atoms with van der Waals surface area (Å²) >= 11 is 0. The van der Waals surface area contributed by atoms with Crippen LogP contribution in [-0.4, -0.2) is 51.3 Å². The molecule has 1 heterocycles. The van der Waals surface area contributed by atoms with Crippen molar-refractivity contribution < 1.29 is 17.9 Å². The molecule has 0 aliphatic heterocycles. The number of nitrogens with zero attached hydrogens (tertiary/aromatic N) is 3. The van der Waals surface area contributed by atoms with Crippen LogP contribution in [0.2, 0.25) is 0 Å². The van der Waals surface area contributed by atoms with Crippen molar-refractivity contribution >= 4 is 27.3 Å². The molecule has 0 spiro atoms. The number of allylic oxidation sites excluding steroid dienone is 4. The molecule has 8 heteroatoms. The van der Waals surface area contributed by atoms with Crippen molar-refractivity contribution in [2.75, 3.05) is 31.9 Å². The van der Waals surface area contributed by atoms with Gasteiger partial charge in [0.25, 0.3) is 0 Å². The van der Waals surface area contributed by atoms with E-state index in [-0.39, 0.29) is 23.1 Å². The Hall–Kier alpha value is -2.22. The van der Waals surface area contributed by atoms with Crippen molar-refractivity contribution in [2.24, 2.45) is 0 Å². The standard InChI is InChI=1S/C15H19N3O4S/c1-5-22-14(19)11-12(10-8-6-7-9-10)16-15(18(2)3)17-13(11)23(4,20)21/h6-8H,5,9H2,1-4H3. The van der Waals surface area contributed by atoms with E-state index in [1.807, 2.05) is 12.2 Å². The molecular formula is C15H19N3O4S. The number of aromatic nitrogens is 2. The molecule has 7 nitrogen and oxygen atoms in total. The third kappa shape index (κ3) is 3.58. The predicted molar refractivity (Wildman–Crippen MR) is 87.2 cm³/mol. The monoisotopic (exact) mass is 337 g/mol. The first-order chi connectivity index (χ1) is 10.8. The van der Waals surface area contributed by atoms with Crippen LogP contribution < -0.4 is 4.90 Å². The Morgan fingerprint density at radius 1 is 1.35 bits per heavy atom. The molecule has 2 rings (SSSR count). The quantitative estimate of drug-likeness (QED) is 0.593. The first-order valence-corrected chi connectivity index (χ1v) is 8.97. The van der Waals surface area contributed by atoms with Gasteiger partial charge in [0, 0.05) is 20.4 Å². The molecule has 23 heavy (non-hydrogen) atoms.